The number of likely N-dealkylation sites (tertiary alicyclic amines) is 1. The SMILES string of the molecule is Cc1cc(C(=O)NCC(C)CN2CCCC2)cc(N)n1. The number of amides is 1. The number of pyridine rings is 1. The zero-order chi connectivity index (χ0) is 14.5. The van der Waals surface area contributed by atoms with Crippen LogP contribution in [0.4, 0.5) is 5.82 Å². The number of carbonyl (C=O) groups excluding carboxylic acids is 1. The van der Waals surface area contributed by atoms with Gasteiger partial charge in [0.25, 0.3) is 5.91 Å². The van der Waals surface area contributed by atoms with Crippen LogP contribution in [0.15, 0.2) is 12.1 Å². The van der Waals surface area contributed by atoms with Crippen LogP contribution in [-0.2, 0) is 0 Å². The first kappa shape index (κ1) is 14.8. The van der Waals surface area contributed by atoms with E-state index in [9.17, 15) is 4.79 Å². The van der Waals surface area contributed by atoms with Gasteiger partial charge in [0.2, 0.25) is 0 Å². The van der Waals surface area contributed by atoms with E-state index in [2.05, 4.69) is 22.1 Å². The maximum Gasteiger partial charge on any atom is 0.251 e. The van der Waals surface area contributed by atoms with Crippen molar-refractivity contribution in [1.82, 2.24) is 15.2 Å². The van der Waals surface area contributed by atoms with E-state index >= 15 is 0 Å². The highest BCUT2D eigenvalue weighted by molar-refractivity contribution is 5.94. The number of aromatic nitrogens is 1. The van der Waals surface area contributed by atoms with E-state index in [0.717, 1.165) is 12.2 Å². The summed E-state index contributed by atoms with van der Waals surface area (Å²) >= 11 is 0. The Balaban J connectivity index is 1.81. The zero-order valence-electron chi connectivity index (χ0n) is 12.4. The van der Waals surface area contributed by atoms with Crippen LogP contribution in [0.2, 0.25) is 0 Å². The molecular formula is C15H24N4O. The molecule has 0 radical (unpaired) electrons. The highest BCUT2D eigenvalue weighted by atomic mass is 16.1. The number of nitrogens with zero attached hydrogens (tertiary/aromatic N) is 2. The zero-order valence-corrected chi connectivity index (χ0v) is 12.4. The average molecular weight is 276 g/mol. The lowest BCUT2D eigenvalue weighted by Crippen LogP contribution is -2.34. The number of carbonyl (C=O) groups is 1. The molecule has 1 aromatic heterocycles. The van der Waals surface area contributed by atoms with Crippen molar-refractivity contribution in [2.24, 2.45) is 5.92 Å². The standard InChI is InChI=1S/C15H24N4O/c1-11(10-19-5-3-4-6-19)9-17-15(20)13-7-12(2)18-14(16)8-13/h7-8,11H,3-6,9-10H2,1-2H3,(H2,16,18)(H,17,20). The summed E-state index contributed by atoms with van der Waals surface area (Å²) in [5, 5.41) is 2.98. The summed E-state index contributed by atoms with van der Waals surface area (Å²) in [6.45, 7) is 8.14. The fraction of sp³-hybridized carbons (Fsp3) is 0.600. The second kappa shape index (κ2) is 6.70. The number of rotatable bonds is 5. The summed E-state index contributed by atoms with van der Waals surface area (Å²) in [5.41, 5.74) is 7.01. The van der Waals surface area contributed by atoms with Crippen LogP contribution in [0, 0.1) is 12.8 Å². The lowest BCUT2D eigenvalue weighted by molar-refractivity contribution is 0.0945. The van der Waals surface area contributed by atoms with Gasteiger partial charge >= 0.3 is 0 Å². The predicted molar refractivity (Wildman–Crippen MR) is 80.6 cm³/mol. The molecule has 1 aromatic rings. The van der Waals surface area contributed by atoms with Crippen LogP contribution in [0.25, 0.3) is 0 Å². The van der Waals surface area contributed by atoms with Gasteiger partial charge in [0.05, 0.1) is 0 Å². The van der Waals surface area contributed by atoms with Gasteiger partial charge in [-0.05, 0) is 50.9 Å². The van der Waals surface area contributed by atoms with Crippen molar-refractivity contribution >= 4 is 11.7 Å². The van der Waals surface area contributed by atoms with Crippen molar-refractivity contribution in [3.05, 3.63) is 23.4 Å². The number of aryl methyl sites for hydroxylation is 1. The molecule has 1 fully saturated rings. The van der Waals surface area contributed by atoms with E-state index in [0.29, 0.717) is 23.8 Å². The molecule has 1 saturated heterocycles. The molecule has 3 N–H and O–H groups in total. The fourth-order valence-corrected chi connectivity index (χ4v) is 2.66. The first-order valence-electron chi connectivity index (χ1n) is 7.29. The second-order valence-electron chi connectivity index (χ2n) is 5.74. The fourth-order valence-electron chi connectivity index (χ4n) is 2.66. The second-order valence-corrected chi connectivity index (χ2v) is 5.74. The van der Waals surface area contributed by atoms with Crippen LogP contribution in [-0.4, -0.2) is 42.0 Å². The summed E-state index contributed by atoms with van der Waals surface area (Å²) in [6.07, 6.45) is 2.60. The summed E-state index contributed by atoms with van der Waals surface area (Å²) in [4.78, 5) is 18.6. The minimum Gasteiger partial charge on any atom is -0.384 e. The minimum absolute atomic E-state index is 0.0736. The molecular weight excluding hydrogens is 252 g/mol. The molecule has 0 bridgehead atoms. The quantitative estimate of drug-likeness (QED) is 0.853. The van der Waals surface area contributed by atoms with Crippen LogP contribution in [0.1, 0.15) is 35.8 Å². The third-order valence-electron chi connectivity index (χ3n) is 3.62. The molecule has 2 heterocycles. The van der Waals surface area contributed by atoms with Gasteiger partial charge in [0.1, 0.15) is 5.82 Å². The van der Waals surface area contributed by atoms with Gasteiger partial charge in [-0.15, -0.1) is 0 Å². The number of nitrogen functional groups attached to an aromatic ring is 1. The number of hydrogen-bond acceptors (Lipinski definition) is 4. The molecule has 0 spiro atoms. The molecule has 1 amide bonds. The van der Waals surface area contributed by atoms with Crippen molar-refractivity contribution in [3.63, 3.8) is 0 Å². The Morgan fingerprint density at radius 1 is 1.45 bits per heavy atom. The molecule has 5 heteroatoms. The van der Waals surface area contributed by atoms with Gasteiger partial charge in [-0.3, -0.25) is 4.79 Å². The average Bonchev–Trinajstić information content (AvgIpc) is 2.87. The summed E-state index contributed by atoms with van der Waals surface area (Å²) in [5.74, 6) is 0.771. The number of nitrogens with one attached hydrogen (secondary N) is 1. The topological polar surface area (TPSA) is 71.2 Å². The Morgan fingerprint density at radius 3 is 2.80 bits per heavy atom. The molecule has 20 heavy (non-hydrogen) atoms. The van der Waals surface area contributed by atoms with Crippen molar-refractivity contribution in [1.29, 1.82) is 0 Å². The smallest absolute Gasteiger partial charge is 0.251 e. The third-order valence-corrected chi connectivity index (χ3v) is 3.62. The molecule has 110 valence electrons. The van der Waals surface area contributed by atoms with Gasteiger partial charge in [0.15, 0.2) is 0 Å². The van der Waals surface area contributed by atoms with Crippen LogP contribution < -0.4 is 11.1 Å². The summed E-state index contributed by atoms with van der Waals surface area (Å²) in [6, 6.07) is 3.38. The molecule has 1 unspecified atom stereocenters. The molecule has 0 aliphatic carbocycles. The number of hydrogen-bond donors (Lipinski definition) is 2. The molecule has 1 atom stereocenters. The Morgan fingerprint density at radius 2 is 2.15 bits per heavy atom. The van der Waals surface area contributed by atoms with E-state index in [1.165, 1.54) is 25.9 Å². The van der Waals surface area contributed by atoms with E-state index in [-0.39, 0.29) is 5.91 Å². The van der Waals surface area contributed by atoms with Gasteiger partial charge in [0, 0.05) is 24.3 Å². The lowest BCUT2D eigenvalue weighted by Gasteiger charge is -2.20. The molecule has 5 nitrogen and oxygen atoms in total. The maximum absolute atomic E-state index is 12.1. The highest BCUT2D eigenvalue weighted by Crippen LogP contribution is 2.10. The predicted octanol–water partition coefficient (Wildman–Crippen LogP) is 1.43. The Bertz CT molecular complexity index is 449. The first-order chi connectivity index (χ1) is 9.54. The number of nitrogens with two attached hydrogens (primary N) is 1. The van der Waals surface area contributed by atoms with Crippen molar-refractivity contribution in [3.8, 4) is 0 Å². The van der Waals surface area contributed by atoms with Gasteiger partial charge in [-0.2, -0.15) is 0 Å². The van der Waals surface area contributed by atoms with E-state index in [1.807, 2.05) is 6.92 Å². The first-order valence-corrected chi connectivity index (χ1v) is 7.29. The van der Waals surface area contributed by atoms with E-state index in [1.54, 1.807) is 12.1 Å². The van der Waals surface area contributed by atoms with Crippen LogP contribution in [0.3, 0.4) is 0 Å². The lowest BCUT2D eigenvalue weighted by atomic mass is 10.1. The third kappa shape index (κ3) is 4.20. The summed E-state index contributed by atoms with van der Waals surface area (Å²) < 4.78 is 0. The summed E-state index contributed by atoms with van der Waals surface area (Å²) in [7, 11) is 0. The monoisotopic (exact) mass is 276 g/mol. The Kier molecular flexibility index (Phi) is 4.95. The van der Waals surface area contributed by atoms with Crippen molar-refractivity contribution in [2.45, 2.75) is 26.7 Å². The van der Waals surface area contributed by atoms with Crippen molar-refractivity contribution in [2.75, 3.05) is 31.9 Å². The van der Waals surface area contributed by atoms with Crippen LogP contribution in [0.5, 0.6) is 0 Å². The van der Waals surface area contributed by atoms with Crippen molar-refractivity contribution < 1.29 is 4.79 Å². The molecule has 1 aliphatic heterocycles. The van der Waals surface area contributed by atoms with Gasteiger partial charge < -0.3 is 16.0 Å². The van der Waals surface area contributed by atoms with Gasteiger partial charge in [-0.1, -0.05) is 6.92 Å². The Hall–Kier alpha value is -1.62. The molecule has 1 aliphatic rings. The molecule has 0 aromatic carbocycles. The highest BCUT2D eigenvalue weighted by Gasteiger charge is 2.15. The largest absolute Gasteiger partial charge is 0.384 e. The minimum atomic E-state index is -0.0736. The molecule has 0 saturated carbocycles. The Labute approximate surface area is 120 Å². The van der Waals surface area contributed by atoms with E-state index in [4.69, 9.17) is 5.73 Å². The normalized spacial score (nSPS) is 17.1. The van der Waals surface area contributed by atoms with Gasteiger partial charge in [-0.25, -0.2) is 4.98 Å². The van der Waals surface area contributed by atoms with E-state index < -0.39 is 0 Å². The van der Waals surface area contributed by atoms with Crippen LogP contribution >= 0.6 is 0 Å². The number of anilines is 1. The molecule has 2 rings (SSSR count). The maximum atomic E-state index is 12.1.